The predicted molar refractivity (Wildman–Crippen MR) is 103 cm³/mol. The van der Waals surface area contributed by atoms with E-state index in [9.17, 15) is 9.18 Å². The number of nitrogens with one attached hydrogen (secondary N) is 1. The first-order valence-corrected chi connectivity index (χ1v) is 9.73. The Morgan fingerprint density at radius 3 is 2.79 bits per heavy atom. The number of carbonyl (C=O) groups excluding carboxylic acids is 1. The number of amides is 1. The lowest BCUT2D eigenvalue weighted by Crippen LogP contribution is -2.28. The molecule has 0 aliphatic heterocycles. The summed E-state index contributed by atoms with van der Waals surface area (Å²) in [6.45, 7) is 3.32. The first kappa shape index (κ1) is 22.1. The van der Waals surface area contributed by atoms with Crippen LogP contribution in [-0.4, -0.2) is 60.4 Å². The summed E-state index contributed by atoms with van der Waals surface area (Å²) in [7, 11) is 3.18. The minimum Gasteiger partial charge on any atom is -0.483 e. The Morgan fingerprint density at radius 1 is 1.29 bits per heavy atom. The molecule has 0 saturated carbocycles. The Labute approximate surface area is 167 Å². The number of halogens is 1. The number of rotatable bonds is 12. The number of hydrogen-bond acceptors (Lipinski definition) is 7. The molecule has 0 spiro atoms. The van der Waals surface area contributed by atoms with Crippen LogP contribution in [0.2, 0.25) is 0 Å². The third-order valence-electron chi connectivity index (χ3n) is 3.74. The van der Waals surface area contributed by atoms with Gasteiger partial charge in [0.15, 0.2) is 22.5 Å². The SMILES string of the molecule is COCCNC(=O)CSc1nnc(COc2ccccc2F)n1[C@H](C)COC. The molecule has 1 aromatic carbocycles. The first-order chi connectivity index (χ1) is 13.6. The van der Waals surface area contributed by atoms with Crippen LogP contribution in [0.4, 0.5) is 4.39 Å². The second-order valence-corrected chi connectivity index (χ2v) is 6.87. The first-order valence-electron chi connectivity index (χ1n) is 8.75. The van der Waals surface area contributed by atoms with Crippen molar-refractivity contribution >= 4 is 17.7 Å². The van der Waals surface area contributed by atoms with Crippen molar-refractivity contribution in [2.45, 2.75) is 24.7 Å². The monoisotopic (exact) mass is 412 g/mol. The molecular formula is C18H25FN4O4S. The van der Waals surface area contributed by atoms with Gasteiger partial charge in [0.2, 0.25) is 5.91 Å². The van der Waals surface area contributed by atoms with Gasteiger partial charge >= 0.3 is 0 Å². The van der Waals surface area contributed by atoms with Gasteiger partial charge in [0, 0.05) is 20.8 Å². The highest BCUT2D eigenvalue weighted by atomic mass is 32.2. The maximum absolute atomic E-state index is 13.8. The lowest BCUT2D eigenvalue weighted by Gasteiger charge is -2.17. The lowest BCUT2D eigenvalue weighted by atomic mass is 10.3. The van der Waals surface area contributed by atoms with Crippen LogP contribution in [0, 0.1) is 5.82 Å². The second kappa shape index (κ2) is 11.6. The molecule has 1 N–H and O–H groups in total. The highest BCUT2D eigenvalue weighted by molar-refractivity contribution is 7.99. The van der Waals surface area contributed by atoms with E-state index in [-0.39, 0.29) is 30.1 Å². The summed E-state index contributed by atoms with van der Waals surface area (Å²) in [4.78, 5) is 11.9. The molecule has 0 aliphatic rings. The highest BCUT2D eigenvalue weighted by Gasteiger charge is 2.19. The van der Waals surface area contributed by atoms with Crippen LogP contribution in [0.25, 0.3) is 0 Å². The lowest BCUT2D eigenvalue weighted by molar-refractivity contribution is -0.118. The molecule has 0 saturated heterocycles. The molecule has 0 unspecified atom stereocenters. The van der Waals surface area contributed by atoms with Crippen molar-refractivity contribution in [3.8, 4) is 5.75 Å². The zero-order valence-electron chi connectivity index (χ0n) is 16.2. The minimum absolute atomic E-state index is 0.0442. The van der Waals surface area contributed by atoms with Gasteiger partial charge in [-0.1, -0.05) is 23.9 Å². The molecule has 28 heavy (non-hydrogen) atoms. The molecule has 2 rings (SSSR count). The van der Waals surface area contributed by atoms with E-state index in [0.717, 1.165) is 0 Å². The quantitative estimate of drug-likeness (QED) is 0.422. The van der Waals surface area contributed by atoms with Gasteiger partial charge in [-0.05, 0) is 19.1 Å². The van der Waals surface area contributed by atoms with Gasteiger partial charge in [0.25, 0.3) is 0 Å². The minimum atomic E-state index is -0.444. The molecule has 154 valence electrons. The normalized spacial score (nSPS) is 12.0. The summed E-state index contributed by atoms with van der Waals surface area (Å²) in [6, 6.07) is 6.09. The highest BCUT2D eigenvalue weighted by Crippen LogP contribution is 2.23. The zero-order chi connectivity index (χ0) is 20.4. The van der Waals surface area contributed by atoms with E-state index in [1.54, 1.807) is 32.4 Å². The van der Waals surface area contributed by atoms with E-state index in [2.05, 4.69) is 15.5 Å². The van der Waals surface area contributed by atoms with Crippen LogP contribution in [-0.2, 0) is 20.9 Å². The van der Waals surface area contributed by atoms with E-state index >= 15 is 0 Å². The number of carbonyl (C=O) groups is 1. The number of nitrogens with zero attached hydrogens (tertiary/aromatic N) is 3. The standard InChI is InChI=1S/C18H25FN4O4S/c1-13(10-26-3)23-16(11-27-15-7-5-4-6-14(15)19)21-22-18(23)28-12-17(24)20-8-9-25-2/h4-7,13H,8-12H2,1-3H3,(H,20,24)/t13-/m1/s1. The summed E-state index contributed by atoms with van der Waals surface area (Å²) < 4.78 is 31.3. The average molecular weight is 412 g/mol. The number of ether oxygens (including phenoxy) is 3. The Hall–Kier alpha value is -2.17. The summed E-state index contributed by atoms with van der Waals surface area (Å²) in [5, 5.41) is 11.6. The summed E-state index contributed by atoms with van der Waals surface area (Å²) in [5.41, 5.74) is 0. The van der Waals surface area contributed by atoms with Gasteiger partial charge in [-0.15, -0.1) is 10.2 Å². The fraction of sp³-hybridized carbons (Fsp3) is 0.500. The van der Waals surface area contributed by atoms with Crippen molar-refractivity contribution in [3.05, 3.63) is 35.9 Å². The van der Waals surface area contributed by atoms with Crippen LogP contribution in [0.15, 0.2) is 29.4 Å². The number of para-hydroxylation sites is 1. The van der Waals surface area contributed by atoms with Crippen LogP contribution in [0.3, 0.4) is 0 Å². The molecule has 0 fully saturated rings. The fourth-order valence-corrected chi connectivity index (χ4v) is 3.33. The van der Waals surface area contributed by atoms with Crippen LogP contribution >= 0.6 is 11.8 Å². The smallest absolute Gasteiger partial charge is 0.230 e. The van der Waals surface area contributed by atoms with Crippen LogP contribution < -0.4 is 10.1 Å². The molecule has 2 aromatic rings. The molecule has 0 aliphatic carbocycles. The maximum atomic E-state index is 13.8. The molecule has 1 amide bonds. The third kappa shape index (κ3) is 6.47. The summed E-state index contributed by atoms with van der Waals surface area (Å²) >= 11 is 1.26. The van der Waals surface area contributed by atoms with Crippen LogP contribution in [0.1, 0.15) is 18.8 Å². The Balaban J connectivity index is 2.06. The molecule has 1 heterocycles. The van der Waals surface area contributed by atoms with Crippen molar-refractivity contribution in [1.29, 1.82) is 0 Å². The predicted octanol–water partition coefficient (Wildman–Crippen LogP) is 2.06. The number of hydrogen-bond donors (Lipinski definition) is 1. The number of benzene rings is 1. The number of thioether (sulfide) groups is 1. The van der Waals surface area contributed by atoms with E-state index < -0.39 is 5.82 Å². The van der Waals surface area contributed by atoms with E-state index in [0.29, 0.717) is 30.7 Å². The molecule has 1 aromatic heterocycles. The largest absolute Gasteiger partial charge is 0.483 e. The van der Waals surface area contributed by atoms with Gasteiger partial charge in [-0.2, -0.15) is 0 Å². The maximum Gasteiger partial charge on any atom is 0.230 e. The van der Waals surface area contributed by atoms with Gasteiger partial charge < -0.3 is 19.5 Å². The number of methoxy groups -OCH3 is 2. The van der Waals surface area contributed by atoms with Crippen LogP contribution in [0.5, 0.6) is 5.75 Å². The third-order valence-corrected chi connectivity index (χ3v) is 4.68. The van der Waals surface area contributed by atoms with E-state index in [1.165, 1.54) is 17.8 Å². The van der Waals surface area contributed by atoms with Crippen molar-refractivity contribution in [3.63, 3.8) is 0 Å². The van der Waals surface area contributed by atoms with Gasteiger partial charge in [-0.3, -0.25) is 9.36 Å². The topological polar surface area (TPSA) is 87.5 Å². The second-order valence-electron chi connectivity index (χ2n) is 5.92. The molecule has 0 bridgehead atoms. The Kier molecular flexibility index (Phi) is 9.18. The summed E-state index contributed by atoms with van der Waals surface area (Å²) in [6.07, 6.45) is 0. The molecule has 10 heteroatoms. The van der Waals surface area contributed by atoms with E-state index in [1.807, 2.05) is 11.5 Å². The van der Waals surface area contributed by atoms with Gasteiger partial charge in [-0.25, -0.2) is 4.39 Å². The fourth-order valence-electron chi connectivity index (χ4n) is 2.44. The summed E-state index contributed by atoms with van der Waals surface area (Å²) in [5.74, 6) is 0.287. The Bertz CT molecular complexity index is 759. The van der Waals surface area contributed by atoms with Gasteiger partial charge in [0.1, 0.15) is 6.61 Å². The van der Waals surface area contributed by atoms with Gasteiger partial charge in [0.05, 0.1) is 25.0 Å². The zero-order valence-corrected chi connectivity index (χ0v) is 17.0. The van der Waals surface area contributed by atoms with Crippen molar-refractivity contribution < 1.29 is 23.4 Å². The Morgan fingerprint density at radius 2 is 2.07 bits per heavy atom. The number of aromatic nitrogens is 3. The molecular weight excluding hydrogens is 387 g/mol. The molecule has 8 nitrogen and oxygen atoms in total. The van der Waals surface area contributed by atoms with Crippen molar-refractivity contribution in [2.75, 3.05) is 39.7 Å². The van der Waals surface area contributed by atoms with Crippen molar-refractivity contribution in [1.82, 2.24) is 20.1 Å². The van der Waals surface area contributed by atoms with E-state index in [4.69, 9.17) is 14.2 Å². The molecule has 1 atom stereocenters. The van der Waals surface area contributed by atoms with Crippen molar-refractivity contribution in [2.24, 2.45) is 0 Å². The average Bonchev–Trinajstić information content (AvgIpc) is 3.09. The molecule has 0 radical (unpaired) electrons.